The lowest BCUT2D eigenvalue weighted by Crippen LogP contribution is -2.32. The lowest BCUT2D eigenvalue weighted by atomic mass is 10.1. The van der Waals surface area contributed by atoms with E-state index in [2.05, 4.69) is 31.3 Å². The van der Waals surface area contributed by atoms with Crippen LogP contribution in [-0.4, -0.2) is 61.3 Å². The molecule has 1 aliphatic rings. The molecule has 2 heterocycles. The summed E-state index contributed by atoms with van der Waals surface area (Å²) in [6, 6.07) is 14.0. The summed E-state index contributed by atoms with van der Waals surface area (Å²) in [5.74, 6) is 0.394. The SMILES string of the molecule is O=C1c2ccccc2C(=O)N1CCc1nnn(CC(O)COc2ccc(Br)cc2)n1. The van der Waals surface area contributed by atoms with E-state index in [1.54, 1.807) is 36.4 Å². The van der Waals surface area contributed by atoms with Crippen molar-refractivity contribution in [2.75, 3.05) is 13.2 Å². The number of benzene rings is 2. The first kappa shape index (κ1) is 20.2. The number of imide groups is 1. The second kappa shape index (κ2) is 8.72. The fraction of sp³-hybridized carbons (Fsp3) is 0.250. The number of aromatic nitrogens is 4. The number of carbonyl (C=O) groups excluding carboxylic acids is 2. The van der Waals surface area contributed by atoms with Crippen LogP contribution in [0.4, 0.5) is 0 Å². The number of rotatable bonds is 8. The Morgan fingerprint density at radius 1 is 1.03 bits per heavy atom. The van der Waals surface area contributed by atoms with Crippen molar-refractivity contribution in [1.82, 2.24) is 25.1 Å². The number of aliphatic hydroxyl groups is 1. The average Bonchev–Trinajstić information content (AvgIpc) is 3.29. The summed E-state index contributed by atoms with van der Waals surface area (Å²) in [7, 11) is 0. The lowest BCUT2D eigenvalue weighted by molar-refractivity contribution is 0.0655. The number of halogens is 1. The van der Waals surface area contributed by atoms with Gasteiger partial charge in [-0.25, -0.2) is 0 Å². The summed E-state index contributed by atoms with van der Waals surface area (Å²) in [5.41, 5.74) is 0.820. The van der Waals surface area contributed by atoms with Gasteiger partial charge in [0.2, 0.25) is 0 Å². The van der Waals surface area contributed by atoms with Gasteiger partial charge in [-0.15, -0.1) is 10.2 Å². The summed E-state index contributed by atoms with van der Waals surface area (Å²) in [4.78, 5) is 27.2. The van der Waals surface area contributed by atoms with Crippen molar-refractivity contribution in [1.29, 1.82) is 0 Å². The third-order valence-corrected chi connectivity index (χ3v) is 5.09. The van der Waals surface area contributed by atoms with Gasteiger partial charge in [-0.1, -0.05) is 28.1 Å². The van der Waals surface area contributed by atoms with E-state index in [-0.39, 0.29) is 37.9 Å². The molecule has 1 unspecified atom stereocenters. The van der Waals surface area contributed by atoms with Crippen LogP contribution in [0, 0.1) is 0 Å². The molecule has 1 aliphatic heterocycles. The molecule has 0 radical (unpaired) electrons. The van der Waals surface area contributed by atoms with Crippen molar-refractivity contribution in [2.24, 2.45) is 0 Å². The van der Waals surface area contributed by atoms with Crippen molar-refractivity contribution < 1.29 is 19.4 Å². The molecule has 2 aromatic carbocycles. The number of hydrogen-bond donors (Lipinski definition) is 1. The number of fused-ring (bicyclic) bond motifs is 1. The monoisotopic (exact) mass is 471 g/mol. The highest BCUT2D eigenvalue weighted by atomic mass is 79.9. The van der Waals surface area contributed by atoms with Crippen LogP contribution in [0.3, 0.4) is 0 Å². The zero-order valence-corrected chi connectivity index (χ0v) is 17.4. The van der Waals surface area contributed by atoms with Crippen LogP contribution < -0.4 is 4.74 Å². The van der Waals surface area contributed by atoms with E-state index in [9.17, 15) is 14.7 Å². The molecule has 3 aromatic rings. The van der Waals surface area contributed by atoms with Gasteiger partial charge in [0.05, 0.1) is 17.7 Å². The average molecular weight is 472 g/mol. The van der Waals surface area contributed by atoms with Gasteiger partial charge >= 0.3 is 0 Å². The fourth-order valence-electron chi connectivity index (χ4n) is 3.07. The Hall–Kier alpha value is -3.11. The molecule has 30 heavy (non-hydrogen) atoms. The number of amides is 2. The normalized spacial score (nSPS) is 14.1. The highest BCUT2D eigenvalue weighted by Gasteiger charge is 2.34. The van der Waals surface area contributed by atoms with Gasteiger partial charge < -0.3 is 9.84 Å². The van der Waals surface area contributed by atoms with Gasteiger partial charge in [-0.05, 0) is 41.6 Å². The van der Waals surface area contributed by atoms with Gasteiger partial charge in [0, 0.05) is 17.4 Å². The minimum absolute atomic E-state index is 0.0769. The predicted molar refractivity (Wildman–Crippen MR) is 109 cm³/mol. The largest absolute Gasteiger partial charge is 0.491 e. The predicted octanol–water partition coefficient (Wildman–Crippen LogP) is 1.71. The van der Waals surface area contributed by atoms with E-state index in [1.165, 1.54) is 9.70 Å². The maximum absolute atomic E-state index is 12.4. The van der Waals surface area contributed by atoms with Gasteiger partial charge in [-0.2, -0.15) is 4.80 Å². The lowest BCUT2D eigenvalue weighted by Gasteiger charge is -2.12. The van der Waals surface area contributed by atoms with Crippen LogP contribution in [0.15, 0.2) is 53.0 Å². The van der Waals surface area contributed by atoms with Crippen LogP contribution in [0.2, 0.25) is 0 Å². The van der Waals surface area contributed by atoms with E-state index in [0.717, 1.165) is 4.47 Å². The first-order chi connectivity index (χ1) is 14.5. The van der Waals surface area contributed by atoms with Gasteiger partial charge in [0.1, 0.15) is 18.5 Å². The fourth-order valence-corrected chi connectivity index (χ4v) is 3.34. The Morgan fingerprint density at radius 2 is 1.70 bits per heavy atom. The maximum atomic E-state index is 12.4. The molecule has 2 amide bonds. The van der Waals surface area contributed by atoms with Gasteiger partial charge in [0.25, 0.3) is 11.8 Å². The molecule has 0 fully saturated rings. The number of nitrogens with zero attached hydrogens (tertiary/aromatic N) is 5. The van der Waals surface area contributed by atoms with E-state index >= 15 is 0 Å². The number of ether oxygens (including phenoxy) is 1. The molecule has 0 bridgehead atoms. The quantitative estimate of drug-likeness (QED) is 0.497. The topological polar surface area (TPSA) is 110 Å². The summed E-state index contributed by atoms with van der Waals surface area (Å²) in [5, 5.41) is 22.2. The van der Waals surface area contributed by atoms with Gasteiger partial charge in [-0.3, -0.25) is 14.5 Å². The number of aliphatic hydroxyl groups excluding tert-OH is 1. The van der Waals surface area contributed by atoms with Crippen molar-refractivity contribution in [3.8, 4) is 5.75 Å². The smallest absolute Gasteiger partial charge is 0.261 e. The third-order valence-electron chi connectivity index (χ3n) is 4.56. The molecular weight excluding hydrogens is 454 g/mol. The van der Waals surface area contributed by atoms with E-state index in [4.69, 9.17) is 4.74 Å². The Balaban J connectivity index is 1.28. The molecule has 0 aliphatic carbocycles. The van der Waals surface area contributed by atoms with Crippen LogP contribution in [0.25, 0.3) is 0 Å². The third kappa shape index (κ3) is 4.39. The van der Waals surface area contributed by atoms with Crippen LogP contribution in [0.1, 0.15) is 26.5 Å². The molecule has 9 nitrogen and oxygen atoms in total. The minimum atomic E-state index is -0.827. The zero-order valence-electron chi connectivity index (χ0n) is 15.8. The molecule has 1 aromatic heterocycles. The molecule has 0 spiro atoms. The Kier molecular flexibility index (Phi) is 5.86. The van der Waals surface area contributed by atoms with Crippen molar-refractivity contribution in [2.45, 2.75) is 19.1 Å². The number of hydrogen-bond acceptors (Lipinski definition) is 7. The Labute approximate surface area is 180 Å². The molecule has 1 N–H and O–H groups in total. The van der Waals surface area contributed by atoms with Crippen LogP contribution in [-0.2, 0) is 13.0 Å². The van der Waals surface area contributed by atoms with E-state index in [0.29, 0.717) is 22.7 Å². The summed E-state index contributed by atoms with van der Waals surface area (Å²) in [6.07, 6.45) is -0.552. The van der Waals surface area contributed by atoms with E-state index < -0.39 is 6.10 Å². The molecular formula is C20H18BrN5O4. The molecule has 0 saturated heterocycles. The molecule has 1 atom stereocenters. The molecule has 0 saturated carbocycles. The summed E-state index contributed by atoms with van der Waals surface area (Å²) >= 11 is 3.35. The van der Waals surface area contributed by atoms with Gasteiger partial charge in [0.15, 0.2) is 5.82 Å². The molecule has 154 valence electrons. The summed E-state index contributed by atoms with van der Waals surface area (Å²) in [6.45, 7) is 0.345. The second-order valence-corrected chi connectivity index (χ2v) is 7.65. The first-order valence-corrected chi connectivity index (χ1v) is 10.1. The Bertz CT molecular complexity index is 1030. The second-order valence-electron chi connectivity index (χ2n) is 6.74. The van der Waals surface area contributed by atoms with Crippen LogP contribution >= 0.6 is 15.9 Å². The first-order valence-electron chi connectivity index (χ1n) is 9.29. The standard InChI is InChI=1S/C20H18BrN5O4/c21-13-5-7-15(8-6-13)30-12-14(27)11-26-23-18(22-24-26)9-10-25-19(28)16-3-1-2-4-17(16)20(25)29/h1-8,14,27H,9-12H2. The highest BCUT2D eigenvalue weighted by molar-refractivity contribution is 9.10. The Morgan fingerprint density at radius 3 is 2.37 bits per heavy atom. The van der Waals surface area contributed by atoms with Crippen LogP contribution in [0.5, 0.6) is 5.75 Å². The van der Waals surface area contributed by atoms with Crippen molar-refractivity contribution >= 4 is 27.7 Å². The molecule has 4 rings (SSSR count). The van der Waals surface area contributed by atoms with Crippen molar-refractivity contribution in [3.05, 3.63) is 70.0 Å². The number of tetrazole rings is 1. The van der Waals surface area contributed by atoms with Crippen molar-refractivity contribution in [3.63, 3.8) is 0 Å². The van der Waals surface area contributed by atoms with E-state index in [1.807, 2.05) is 12.1 Å². The summed E-state index contributed by atoms with van der Waals surface area (Å²) < 4.78 is 6.47. The maximum Gasteiger partial charge on any atom is 0.261 e. The molecule has 10 heteroatoms. The highest BCUT2D eigenvalue weighted by Crippen LogP contribution is 2.22. The minimum Gasteiger partial charge on any atom is -0.491 e. The number of carbonyl (C=O) groups is 2. The zero-order chi connectivity index (χ0) is 21.1.